The van der Waals surface area contributed by atoms with Crippen molar-refractivity contribution >= 4 is 5.78 Å². The third kappa shape index (κ3) is 1.45. The van der Waals surface area contributed by atoms with E-state index >= 15 is 0 Å². The first-order valence-corrected chi connectivity index (χ1v) is 6.49. The third-order valence-electron chi connectivity index (χ3n) is 4.20. The topological polar surface area (TPSA) is 38.8 Å². The van der Waals surface area contributed by atoms with Crippen LogP contribution in [0.1, 0.15) is 30.0 Å². The summed E-state index contributed by atoms with van der Waals surface area (Å²) < 4.78 is 10.9. The van der Waals surface area contributed by atoms with Crippen molar-refractivity contribution in [2.75, 3.05) is 19.9 Å². The highest BCUT2D eigenvalue weighted by Crippen LogP contribution is 2.42. The van der Waals surface area contributed by atoms with Crippen molar-refractivity contribution in [2.45, 2.75) is 25.3 Å². The van der Waals surface area contributed by atoms with Crippen LogP contribution in [0, 0.1) is 0 Å². The van der Waals surface area contributed by atoms with Gasteiger partial charge in [0.05, 0.1) is 0 Å². The second-order valence-electron chi connectivity index (χ2n) is 5.20. The highest BCUT2D eigenvalue weighted by atomic mass is 16.7. The molecule has 1 atom stereocenters. The predicted molar refractivity (Wildman–Crippen MR) is 64.8 cm³/mol. The number of carbonyl (C=O) groups is 1. The van der Waals surface area contributed by atoms with Gasteiger partial charge in [0.2, 0.25) is 6.79 Å². The van der Waals surface area contributed by atoms with E-state index in [1.54, 1.807) is 0 Å². The van der Waals surface area contributed by atoms with Crippen LogP contribution in [-0.2, 0) is 11.2 Å². The first-order chi connectivity index (χ1) is 8.81. The lowest BCUT2D eigenvalue weighted by molar-refractivity contribution is -0.123. The van der Waals surface area contributed by atoms with Gasteiger partial charge >= 0.3 is 0 Å². The van der Waals surface area contributed by atoms with Gasteiger partial charge in [-0.15, -0.1) is 0 Å². The molecule has 1 saturated heterocycles. The van der Waals surface area contributed by atoms with Crippen molar-refractivity contribution in [3.63, 3.8) is 0 Å². The van der Waals surface area contributed by atoms with Gasteiger partial charge in [-0.3, -0.25) is 9.69 Å². The average Bonchev–Trinajstić information content (AvgIpc) is 2.83. The van der Waals surface area contributed by atoms with Crippen molar-refractivity contribution < 1.29 is 14.3 Å². The molecule has 0 aromatic heterocycles. The Bertz CT molecular complexity index is 526. The lowest BCUT2D eigenvalue weighted by Gasteiger charge is -2.39. The van der Waals surface area contributed by atoms with E-state index in [1.807, 2.05) is 0 Å². The number of Topliss-reactive ketones (excluding diaryl/α,β-unsaturated/α-hetero) is 1. The number of nitrogens with zero attached hydrogens (tertiary/aromatic N) is 1. The zero-order chi connectivity index (χ0) is 12.1. The maximum absolute atomic E-state index is 11.7. The van der Waals surface area contributed by atoms with Crippen molar-refractivity contribution in [1.82, 2.24) is 4.90 Å². The van der Waals surface area contributed by atoms with Gasteiger partial charge in [0, 0.05) is 32.0 Å². The molecular formula is C14H15NO3. The van der Waals surface area contributed by atoms with E-state index in [4.69, 9.17) is 9.47 Å². The summed E-state index contributed by atoms with van der Waals surface area (Å²) >= 11 is 0. The van der Waals surface area contributed by atoms with E-state index < -0.39 is 0 Å². The molecule has 0 aliphatic carbocycles. The summed E-state index contributed by atoms with van der Waals surface area (Å²) in [7, 11) is 0. The number of rotatable bonds is 0. The molecule has 0 radical (unpaired) electrons. The van der Waals surface area contributed by atoms with Gasteiger partial charge in [-0.05, 0) is 29.7 Å². The molecule has 1 fully saturated rings. The number of benzene rings is 1. The van der Waals surface area contributed by atoms with Crippen LogP contribution in [0.4, 0.5) is 0 Å². The SMILES string of the molecule is O=C1CCN2CCc3cc4c(cc3[C@H]2C1)OCO4. The van der Waals surface area contributed by atoms with Crippen molar-refractivity contribution in [3.05, 3.63) is 23.3 Å². The molecule has 94 valence electrons. The smallest absolute Gasteiger partial charge is 0.231 e. The average molecular weight is 245 g/mol. The predicted octanol–water partition coefficient (Wildman–Crippen LogP) is 1.68. The van der Waals surface area contributed by atoms with Crippen LogP contribution in [0.5, 0.6) is 11.5 Å². The fraction of sp³-hybridized carbons (Fsp3) is 0.500. The van der Waals surface area contributed by atoms with Gasteiger partial charge in [0.1, 0.15) is 5.78 Å². The molecule has 1 aromatic rings. The molecule has 0 saturated carbocycles. The highest BCUT2D eigenvalue weighted by Gasteiger charge is 2.34. The monoisotopic (exact) mass is 245 g/mol. The van der Waals surface area contributed by atoms with Gasteiger partial charge in [0.15, 0.2) is 11.5 Å². The lowest BCUT2D eigenvalue weighted by Crippen LogP contribution is -2.41. The minimum atomic E-state index is 0.254. The molecule has 0 bridgehead atoms. The molecule has 0 unspecified atom stereocenters. The Morgan fingerprint density at radius 1 is 1.11 bits per heavy atom. The summed E-state index contributed by atoms with van der Waals surface area (Å²) in [5.74, 6) is 2.06. The summed E-state index contributed by atoms with van der Waals surface area (Å²) in [5.41, 5.74) is 2.58. The molecular weight excluding hydrogens is 230 g/mol. The van der Waals surface area contributed by atoms with Crippen LogP contribution in [0.15, 0.2) is 12.1 Å². The highest BCUT2D eigenvalue weighted by molar-refractivity contribution is 5.80. The fourth-order valence-corrected chi connectivity index (χ4v) is 3.24. The lowest BCUT2D eigenvalue weighted by atomic mass is 9.86. The Kier molecular flexibility index (Phi) is 2.14. The van der Waals surface area contributed by atoms with Crippen molar-refractivity contribution in [3.8, 4) is 11.5 Å². The van der Waals surface area contributed by atoms with E-state index in [-0.39, 0.29) is 6.04 Å². The Morgan fingerprint density at radius 2 is 1.89 bits per heavy atom. The van der Waals surface area contributed by atoms with E-state index in [9.17, 15) is 4.79 Å². The van der Waals surface area contributed by atoms with Crippen LogP contribution >= 0.6 is 0 Å². The molecule has 3 aliphatic heterocycles. The van der Waals surface area contributed by atoms with Crippen LogP contribution in [-0.4, -0.2) is 30.6 Å². The summed E-state index contributed by atoms with van der Waals surface area (Å²) in [6.07, 6.45) is 2.39. The molecule has 4 rings (SSSR count). The molecule has 0 spiro atoms. The number of hydrogen-bond donors (Lipinski definition) is 0. The second-order valence-corrected chi connectivity index (χ2v) is 5.20. The van der Waals surface area contributed by atoms with Gasteiger partial charge < -0.3 is 9.47 Å². The molecule has 3 heterocycles. The Balaban J connectivity index is 1.79. The molecule has 0 amide bonds. The maximum Gasteiger partial charge on any atom is 0.231 e. The zero-order valence-corrected chi connectivity index (χ0v) is 10.1. The van der Waals surface area contributed by atoms with Gasteiger partial charge in [0.25, 0.3) is 0 Å². The minimum Gasteiger partial charge on any atom is -0.454 e. The summed E-state index contributed by atoms with van der Waals surface area (Å²) in [4.78, 5) is 14.1. The van der Waals surface area contributed by atoms with Gasteiger partial charge in [-0.2, -0.15) is 0 Å². The summed E-state index contributed by atoms with van der Waals surface area (Å²) in [6.45, 7) is 2.26. The molecule has 3 aliphatic rings. The standard InChI is InChI=1S/C14H15NO3/c16-10-2-4-15-3-1-9-5-13-14(18-8-17-13)7-11(9)12(15)6-10/h5,7,12H,1-4,6,8H2/t12-/m1/s1. The van der Waals surface area contributed by atoms with Crippen LogP contribution < -0.4 is 9.47 Å². The van der Waals surface area contributed by atoms with Crippen LogP contribution in [0.25, 0.3) is 0 Å². The Hall–Kier alpha value is -1.55. The molecule has 4 heteroatoms. The Morgan fingerprint density at radius 3 is 2.78 bits per heavy atom. The zero-order valence-electron chi connectivity index (χ0n) is 10.1. The van der Waals surface area contributed by atoms with Crippen molar-refractivity contribution in [1.29, 1.82) is 0 Å². The molecule has 1 aromatic carbocycles. The van der Waals surface area contributed by atoms with Gasteiger partial charge in [-0.1, -0.05) is 0 Å². The number of hydrogen-bond acceptors (Lipinski definition) is 4. The van der Waals surface area contributed by atoms with Gasteiger partial charge in [-0.25, -0.2) is 0 Å². The number of ketones is 1. The maximum atomic E-state index is 11.7. The van der Waals surface area contributed by atoms with E-state index in [2.05, 4.69) is 17.0 Å². The third-order valence-corrected chi connectivity index (χ3v) is 4.20. The van der Waals surface area contributed by atoms with E-state index in [0.29, 0.717) is 25.4 Å². The number of fused-ring (bicyclic) bond motifs is 4. The Labute approximate surface area is 105 Å². The molecule has 18 heavy (non-hydrogen) atoms. The fourth-order valence-electron chi connectivity index (χ4n) is 3.24. The van der Waals surface area contributed by atoms with Crippen LogP contribution in [0.3, 0.4) is 0 Å². The van der Waals surface area contributed by atoms with E-state index in [1.165, 1.54) is 11.1 Å². The largest absolute Gasteiger partial charge is 0.454 e. The summed E-state index contributed by atoms with van der Waals surface area (Å²) in [6, 6.07) is 4.42. The van der Waals surface area contributed by atoms with Crippen molar-refractivity contribution in [2.24, 2.45) is 0 Å². The quantitative estimate of drug-likeness (QED) is 0.697. The van der Waals surface area contributed by atoms with Crippen LogP contribution in [0.2, 0.25) is 0 Å². The second kappa shape index (κ2) is 3.72. The first kappa shape index (κ1) is 10.4. The number of ether oxygens (including phenoxy) is 2. The molecule has 4 nitrogen and oxygen atoms in total. The summed E-state index contributed by atoms with van der Waals surface area (Å²) in [5, 5.41) is 0. The molecule has 0 N–H and O–H groups in total. The minimum absolute atomic E-state index is 0.254. The van der Waals surface area contributed by atoms with E-state index in [0.717, 1.165) is 31.0 Å². The number of carbonyl (C=O) groups excluding carboxylic acids is 1. The normalized spacial score (nSPS) is 25.8. The number of piperidine rings is 1. The first-order valence-electron chi connectivity index (χ1n) is 6.49.